The Morgan fingerprint density at radius 2 is 2.00 bits per heavy atom. The van der Waals surface area contributed by atoms with Gasteiger partial charge in [0.1, 0.15) is 5.60 Å². The van der Waals surface area contributed by atoms with Crippen molar-refractivity contribution in [3.05, 3.63) is 41.7 Å². The molecule has 28 heavy (non-hydrogen) atoms. The summed E-state index contributed by atoms with van der Waals surface area (Å²) in [7, 11) is 0. The molecule has 0 atom stereocenters. The Labute approximate surface area is 165 Å². The molecule has 1 saturated heterocycles. The van der Waals surface area contributed by atoms with Crippen molar-refractivity contribution in [1.82, 2.24) is 14.7 Å². The molecule has 1 amide bonds. The molecule has 6 nitrogen and oxygen atoms in total. The van der Waals surface area contributed by atoms with Crippen molar-refractivity contribution in [3.63, 3.8) is 0 Å². The van der Waals surface area contributed by atoms with Crippen LogP contribution in [0.3, 0.4) is 0 Å². The lowest BCUT2D eigenvalue weighted by Crippen LogP contribution is -2.52. The second kappa shape index (κ2) is 7.08. The smallest absolute Gasteiger partial charge is 0.410 e. The van der Waals surface area contributed by atoms with E-state index in [1.54, 1.807) is 4.90 Å². The molecular weight excluding hydrogens is 354 g/mol. The lowest BCUT2D eigenvalue weighted by molar-refractivity contribution is -0.00384. The molecule has 1 fully saturated rings. The van der Waals surface area contributed by atoms with Crippen LogP contribution < -0.4 is 0 Å². The predicted octanol–water partition coefficient (Wildman–Crippen LogP) is 3.94. The normalized spacial score (nSPS) is 17.2. The largest absolute Gasteiger partial charge is 0.444 e. The summed E-state index contributed by atoms with van der Waals surface area (Å²) in [6.45, 7) is 7.78. The molecule has 2 aliphatic rings. The zero-order valence-corrected chi connectivity index (χ0v) is 16.8. The molecule has 1 aliphatic heterocycles. The van der Waals surface area contributed by atoms with Crippen molar-refractivity contribution in [2.24, 2.45) is 5.92 Å². The molecule has 1 aromatic heterocycles. The minimum Gasteiger partial charge on any atom is -0.444 e. The number of likely N-dealkylation sites (tertiary alicyclic amines) is 1. The Balaban J connectivity index is 1.37. The van der Waals surface area contributed by atoms with Crippen LogP contribution in [0.15, 0.2) is 30.6 Å². The van der Waals surface area contributed by atoms with Crippen LogP contribution in [0.5, 0.6) is 0 Å². The Morgan fingerprint density at radius 1 is 1.21 bits per heavy atom. The van der Waals surface area contributed by atoms with Crippen molar-refractivity contribution in [3.8, 4) is 11.1 Å². The summed E-state index contributed by atoms with van der Waals surface area (Å²) in [5.41, 5.74) is 3.61. The number of aryl methyl sites for hydroxylation is 1. The first-order valence-corrected chi connectivity index (χ1v) is 9.95. The monoisotopic (exact) mass is 381 g/mol. The fourth-order valence-electron chi connectivity index (χ4n) is 3.85. The summed E-state index contributed by atoms with van der Waals surface area (Å²) in [6.07, 6.45) is 6.20. The van der Waals surface area contributed by atoms with E-state index >= 15 is 0 Å². The minimum absolute atomic E-state index is 0.243. The van der Waals surface area contributed by atoms with E-state index in [4.69, 9.17) is 4.74 Å². The maximum Gasteiger partial charge on any atom is 0.410 e. The van der Waals surface area contributed by atoms with Crippen molar-refractivity contribution in [1.29, 1.82) is 0 Å². The molecule has 1 aliphatic carbocycles. The number of hydrogen-bond acceptors (Lipinski definition) is 4. The highest BCUT2D eigenvalue weighted by atomic mass is 16.6. The number of nitrogens with zero attached hydrogens (tertiary/aromatic N) is 3. The summed E-state index contributed by atoms with van der Waals surface area (Å²) in [5, 5.41) is 4.47. The third-order valence-electron chi connectivity index (χ3n) is 5.28. The van der Waals surface area contributed by atoms with E-state index in [1.807, 2.05) is 43.9 Å². The van der Waals surface area contributed by atoms with E-state index in [-0.39, 0.29) is 11.9 Å². The van der Waals surface area contributed by atoms with Crippen molar-refractivity contribution >= 4 is 11.9 Å². The van der Waals surface area contributed by atoms with E-state index < -0.39 is 5.60 Å². The second-order valence-corrected chi connectivity index (χ2v) is 8.85. The number of ether oxygens (including phenoxy) is 1. The molecular formula is C22H27N3O3. The molecule has 0 unspecified atom stereocenters. The van der Waals surface area contributed by atoms with Gasteiger partial charge in [-0.1, -0.05) is 12.1 Å². The Hall–Kier alpha value is -2.63. The fourth-order valence-corrected chi connectivity index (χ4v) is 3.85. The van der Waals surface area contributed by atoms with Crippen LogP contribution in [0.2, 0.25) is 0 Å². The number of carbonyl (C=O) groups excluding carboxylic acids is 2. The van der Waals surface area contributed by atoms with Crippen LogP contribution in [0.4, 0.5) is 4.79 Å². The molecule has 0 N–H and O–H groups in total. The van der Waals surface area contributed by atoms with E-state index in [1.165, 1.54) is 0 Å². The van der Waals surface area contributed by atoms with Crippen LogP contribution in [0, 0.1) is 5.92 Å². The summed E-state index contributed by atoms with van der Waals surface area (Å²) in [5.74, 6) is 0.623. The zero-order valence-electron chi connectivity index (χ0n) is 16.8. The first-order valence-electron chi connectivity index (χ1n) is 9.95. The van der Waals surface area contributed by atoms with Gasteiger partial charge in [0.2, 0.25) is 0 Å². The van der Waals surface area contributed by atoms with Gasteiger partial charge in [0.25, 0.3) is 0 Å². The molecule has 148 valence electrons. The maximum atomic E-state index is 12.2. The van der Waals surface area contributed by atoms with Gasteiger partial charge < -0.3 is 9.64 Å². The molecule has 4 rings (SSSR count). The van der Waals surface area contributed by atoms with Gasteiger partial charge in [0, 0.05) is 49.3 Å². The first-order chi connectivity index (χ1) is 13.3. The predicted molar refractivity (Wildman–Crippen MR) is 106 cm³/mol. The van der Waals surface area contributed by atoms with Crippen molar-refractivity contribution < 1.29 is 14.3 Å². The van der Waals surface area contributed by atoms with E-state index in [0.717, 1.165) is 41.6 Å². The number of rotatable bonds is 3. The number of Topliss-reactive ketones (excluding diaryl/α,β-unsaturated/α-hetero) is 1. The number of ketones is 1. The van der Waals surface area contributed by atoms with Crippen LogP contribution in [0.25, 0.3) is 11.1 Å². The maximum absolute atomic E-state index is 12.2. The number of fused-ring (bicyclic) bond motifs is 1. The van der Waals surface area contributed by atoms with Crippen molar-refractivity contribution in [2.75, 3.05) is 13.1 Å². The van der Waals surface area contributed by atoms with Gasteiger partial charge in [-0.15, -0.1) is 0 Å². The van der Waals surface area contributed by atoms with Gasteiger partial charge in [-0.05, 0) is 50.8 Å². The highest BCUT2D eigenvalue weighted by molar-refractivity contribution is 5.99. The number of hydrogen-bond donors (Lipinski definition) is 0. The molecule has 6 heteroatoms. The Morgan fingerprint density at radius 3 is 2.75 bits per heavy atom. The lowest BCUT2D eigenvalue weighted by Gasteiger charge is -2.39. The molecule has 2 aromatic rings. The molecule has 0 bridgehead atoms. The third kappa shape index (κ3) is 3.96. The molecule has 0 radical (unpaired) electrons. The molecule has 1 aromatic carbocycles. The van der Waals surface area contributed by atoms with E-state index in [9.17, 15) is 9.59 Å². The van der Waals surface area contributed by atoms with Gasteiger partial charge >= 0.3 is 6.09 Å². The first kappa shape index (κ1) is 18.7. The summed E-state index contributed by atoms with van der Waals surface area (Å²) in [4.78, 5) is 25.9. The number of carbonyl (C=O) groups is 2. The Kier molecular flexibility index (Phi) is 4.73. The van der Waals surface area contributed by atoms with Crippen molar-refractivity contribution in [2.45, 2.75) is 52.2 Å². The number of aromatic nitrogens is 2. The quantitative estimate of drug-likeness (QED) is 0.808. The summed E-state index contributed by atoms with van der Waals surface area (Å²) < 4.78 is 7.32. The zero-order chi connectivity index (χ0) is 19.9. The second-order valence-electron chi connectivity index (χ2n) is 8.85. The molecule has 0 saturated carbocycles. The fraction of sp³-hybridized carbons (Fsp3) is 0.500. The topological polar surface area (TPSA) is 64.4 Å². The van der Waals surface area contributed by atoms with Crippen LogP contribution >= 0.6 is 0 Å². The average molecular weight is 381 g/mol. The van der Waals surface area contributed by atoms with Gasteiger partial charge in [0.05, 0.1) is 6.20 Å². The Bertz CT molecular complexity index is 904. The molecule has 0 spiro atoms. The van der Waals surface area contributed by atoms with Crippen LogP contribution in [-0.2, 0) is 17.7 Å². The van der Waals surface area contributed by atoms with Crippen LogP contribution in [0.1, 0.15) is 49.5 Å². The molecule has 2 heterocycles. The number of amides is 1. The highest BCUT2D eigenvalue weighted by Crippen LogP contribution is 2.28. The van der Waals surface area contributed by atoms with Gasteiger partial charge in [-0.25, -0.2) is 4.79 Å². The van der Waals surface area contributed by atoms with E-state index in [2.05, 4.69) is 17.2 Å². The van der Waals surface area contributed by atoms with Crippen LogP contribution in [-0.4, -0.2) is 45.2 Å². The summed E-state index contributed by atoms with van der Waals surface area (Å²) >= 11 is 0. The average Bonchev–Trinajstić information content (AvgIpc) is 3.05. The lowest BCUT2D eigenvalue weighted by atomic mass is 9.88. The SMILES string of the molecule is CC(C)(C)OC(=O)N1CC(Cn2cc(-c3ccc4c(c3)C(=O)CCC4)cn2)C1. The third-order valence-corrected chi connectivity index (χ3v) is 5.28. The van der Waals surface area contributed by atoms with E-state index in [0.29, 0.717) is 25.4 Å². The standard InChI is InChI=1S/C22H27N3O3/c1-22(2,3)28-21(27)24-11-15(12-24)13-25-14-18(10-23-25)17-8-7-16-5-4-6-20(26)19(16)9-17/h7-10,14-15H,4-6,11-13H2,1-3H3. The van der Waals surface area contributed by atoms with Gasteiger partial charge in [-0.3, -0.25) is 9.48 Å². The minimum atomic E-state index is -0.463. The van der Waals surface area contributed by atoms with Gasteiger partial charge in [-0.2, -0.15) is 5.10 Å². The highest BCUT2D eigenvalue weighted by Gasteiger charge is 2.33. The van der Waals surface area contributed by atoms with Gasteiger partial charge in [0.15, 0.2) is 5.78 Å². The summed E-state index contributed by atoms with van der Waals surface area (Å²) in [6, 6.07) is 6.15. The number of benzene rings is 1.